The quantitative estimate of drug-likeness (QED) is 0.659. The minimum atomic E-state index is -0.923. The van der Waals surface area contributed by atoms with E-state index in [-0.39, 0.29) is 19.0 Å². The van der Waals surface area contributed by atoms with Gasteiger partial charge in [0.2, 0.25) is 0 Å². The van der Waals surface area contributed by atoms with Gasteiger partial charge in [0.1, 0.15) is 0 Å². The van der Waals surface area contributed by atoms with Crippen LogP contribution in [0.4, 0.5) is 4.79 Å². The third kappa shape index (κ3) is 3.99. The first-order chi connectivity index (χ1) is 7.59. The summed E-state index contributed by atoms with van der Waals surface area (Å²) < 4.78 is 0. The van der Waals surface area contributed by atoms with Gasteiger partial charge < -0.3 is 20.3 Å². The van der Waals surface area contributed by atoms with E-state index in [0.29, 0.717) is 6.54 Å². The van der Waals surface area contributed by atoms with Crippen LogP contribution in [-0.2, 0) is 11.3 Å². The number of aromatic nitrogens is 2. The van der Waals surface area contributed by atoms with E-state index < -0.39 is 5.97 Å². The molecule has 0 atom stereocenters. The molecule has 0 aliphatic carbocycles. The van der Waals surface area contributed by atoms with Crippen LogP contribution in [0.25, 0.3) is 0 Å². The van der Waals surface area contributed by atoms with E-state index in [0.717, 1.165) is 5.69 Å². The van der Waals surface area contributed by atoms with E-state index in [1.807, 2.05) is 0 Å². The van der Waals surface area contributed by atoms with Crippen LogP contribution in [0, 0.1) is 0 Å². The number of imidazole rings is 1. The van der Waals surface area contributed by atoms with Crippen molar-refractivity contribution in [1.82, 2.24) is 20.2 Å². The topological polar surface area (TPSA) is 98.3 Å². The van der Waals surface area contributed by atoms with Crippen LogP contribution in [0.5, 0.6) is 0 Å². The molecule has 7 nitrogen and oxygen atoms in total. The molecule has 0 unspecified atom stereocenters. The summed E-state index contributed by atoms with van der Waals surface area (Å²) in [5, 5.41) is 11.1. The van der Waals surface area contributed by atoms with E-state index in [9.17, 15) is 9.59 Å². The Labute approximate surface area is 92.5 Å². The van der Waals surface area contributed by atoms with Crippen LogP contribution in [0.3, 0.4) is 0 Å². The average molecular weight is 226 g/mol. The lowest BCUT2D eigenvalue weighted by Gasteiger charge is -2.16. The maximum absolute atomic E-state index is 11.4. The SMILES string of the molecule is CN(CCC(=O)O)C(=O)NCc1cnc[nH]1. The second kappa shape index (κ2) is 5.74. The van der Waals surface area contributed by atoms with Crippen LogP contribution < -0.4 is 5.32 Å². The molecular weight excluding hydrogens is 212 g/mol. The van der Waals surface area contributed by atoms with Gasteiger partial charge in [-0.3, -0.25) is 4.79 Å². The summed E-state index contributed by atoms with van der Waals surface area (Å²) in [6.07, 6.45) is 3.07. The minimum Gasteiger partial charge on any atom is -0.481 e. The minimum absolute atomic E-state index is 0.0615. The van der Waals surface area contributed by atoms with Gasteiger partial charge in [-0.05, 0) is 0 Å². The Bertz CT molecular complexity index is 350. The highest BCUT2D eigenvalue weighted by Crippen LogP contribution is 1.92. The summed E-state index contributed by atoms with van der Waals surface area (Å²) in [7, 11) is 1.55. The number of aromatic amines is 1. The van der Waals surface area contributed by atoms with Crippen LogP contribution in [-0.4, -0.2) is 45.6 Å². The summed E-state index contributed by atoms with van der Waals surface area (Å²) >= 11 is 0. The molecule has 7 heteroatoms. The van der Waals surface area contributed by atoms with Gasteiger partial charge in [-0.1, -0.05) is 0 Å². The Balaban J connectivity index is 2.26. The van der Waals surface area contributed by atoms with Crippen molar-refractivity contribution in [3.05, 3.63) is 18.2 Å². The number of nitrogens with one attached hydrogen (secondary N) is 2. The summed E-state index contributed by atoms with van der Waals surface area (Å²) in [5.74, 6) is -0.923. The molecule has 1 rings (SSSR count). The highest BCUT2D eigenvalue weighted by atomic mass is 16.4. The van der Waals surface area contributed by atoms with Crippen molar-refractivity contribution in [3.63, 3.8) is 0 Å². The Hall–Kier alpha value is -2.05. The van der Waals surface area contributed by atoms with Crippen LogP contribution in [0.15, 0.2) is 12.5 Å². The molecule has 0 fully saturated rings. The second-order valence-electron chi connectivity index (χ2n) is 3.30. The largest absolute Gasteiger partial charge is 0.481 e. The second-order valence-corrected chi connectivity index (χ2v) is 3.30. The molecule has 0 radical (unpaired) electrons. The van der Waals surface area contributed by atoms with Gasteiger partial charge >= 0.3 is 12.0 Å². The van der Waals surface area contributed by atoms with Crippen molar-refractivity contribution >= 4 is 12.0 Å². The summed E-state index contributed by atoms with van der Waals surface area (Å²) in [5.41, 5.74) is 0.792. The molecule has 1 heterocycles. The monoisotopic (exact) mass is 226 g/mol. The lowest BCUT2D eigenvalue weighted by atomic mass is 10.4. The molecule has 88 valence electrons. The lowest BCUT2D eigenvalue weighted by Crippen LogP contribution is -2.38. The lowest BCUT2D eigenvalue weighted by molar-refractivity contribution is -0.137. The maximum atomic E-state index is 11.4. The van der Waals surface area contributed by atoms with Crippen molar-refractivity contribution in [2.75, 3.05) is 13.6 Å². The van der Waals surface area contributed by atoms with Crippen LogP contribution in [0.2, 0.25) is 0 Å². The highest BCUT2D eigenvalue weighted by Gasteiger charge is 2.09. The first-order valence-electron chi connectivity index (χ1n) is 4.77. The fourth-order valence-corrected chi connectivity index (χ4v) is 1.05. The fourth-order valence-electron chi connectivity index (χ4n) is 1.05. The van der Waals surface area contributed by atoms with Crippen molar-refractivity contribution < 1.29 is 14.7 Å². The number of H-pyrrole nitrogens is 1. The van der Waals surface area contributed by atoms with E-state index >= 15 is 0 Å². The number of amides is 2. The van der Waals surface area contributed by atoms with Gasteiger partial charge in [0.05, 0.1) is 25.0 Å². The maximum Gasteiger partial charge on any atom is 0.317 e. The molecule has 2 amide bonds. The zero-order valence-corrected chi connectivity index (χ0v) is 8.93. The fraction of sp³-hybridized carbons (Fsp3) is 0.444. The van der Waals surface area contributed by atoms with E-state index in [1.54, 1.807) is 13.2 Å². The predicted octanol–water partition coefficient (Wildman–Crippen LogP) is 0.0258. The third-order valence-corrected chi connectivity index (χ3v) is 1.99. The number of carboxylic acids is 1. The van der Waals surface area contributed by atoms with Gasteiger partial charge in [-0.2, -0.15) is 0 Å². The Morgan fingerprint density at radius 2 is 2.38 bits per heavy atom. The number of nitrogens with zero attached hydrogens (tertiary/aromatic N) is 2. The van der Waals surface area contributed by atoms with E-state index in [2.05, 4.69) is 15.3 Å². The number of carbonyl (C=O) groups excluding carboxylic acids is 1. The number of hydrogen-bond donors (Lipinski definition) is 3. The number of urea groups is 1. The Morgan fingerprint density at radius 1 is 1.62 bits per heavy atom. The van der Waals surface area contributed by atoms with Crippen molar-refractivity contribution in [1.29, 1.82) is 0 Å². The van der Waals surface area contributed by atoms with Crippen molar-refractivity contribution in [2.45, 2.75) is 13.0 Å². The van der Waals surface area contributed by atoms with Crippen molar-refractivity contribution in [3.8, 4) is 0 Å². The molecule has 0 spiro atoms. The first kappa shape index (κ1) is 12.0. The zero-order valence-electron chi connectivity index (χ0n) is 8.93. The van der Waals surface area contributed by atoms with Gasteiger partial charge in [0.15, 0.2) is 0 Å². The highest BCUT2D eigenvalue weighted by molar-refractivity contribution is 5.74. The smallest absolute Gasteiger partial charge is 0.317 e. The molecule has 0 aliphatic heterocycles. The normalized spacial score (nSPS) is 9.81. The van der Waals surface area contributed by atoms with Gasteiger partial charge in [-0.15, -0.1) is 0 Å². The number of carboxylic acid groups (broad SMARTS) is 1. The average Bonchev–Trinajstić information content (AvgIpc) is 2.75. The Kier molecular flexibility index (Phi) is 4.31. The van der Waals surface area contributed by atoms with E-state index in [1.165, 1.54) is 11.2 Å². The van der Waals surface area contributed by atoms with Gasteiger partial charge in [0.25, 0.3) is 0 Å². The van der Waals surface area contributed by atoms with Crippen LogP contribution in [0.1, 0.15) is 12.1 Å². The van der Waals surface area contributed by atoms with Gasteiger partial charge in [-0.25, -0.2) is 9.78 Å². The standard InChI is InChI=1S/C9H14N4O3/c1-13(3-2-8(14)15)9(16)11-5-7-4-10-6-12-7/h4,6H,2-3,5H2,1H3,(H,10,12)(H,11,16)(H,14,15). The first-order valence-corrected chi connectivity index (χ1v) is 4.77. The molecule has 0 bridgehead atoms. The molecule has 3 N–H and O–H groups in total. The number of hydrogen-bond acceptors (Lipinski definition) is 3. The number of aliphatic carboxylic acids is 1. The summed E-state index contributed by atoms with van der Waals surface area (Å²) in [6.45, 7) is 0.528. The Morgan fingerprint density at radius 3 is 2.94 bits per heavy atom. The molecule has 0 saturated carbocycles. The van der Waals surface area contributed by atoms with Gasteiger partial charge in [0, 0.05) is 19.8 Å². The molecule has 1 aromatic heterocycles. The molecule has 1 aromatic rings. The molecule has 16 heavy (non-hydrogen) atoms. The molecule has 0 aromatic carbocycles. The van der Waals surface area contributed by atoms with Crippen molar-refractivity contribution in [2.24, 2.45) is 0 Å². The summed E-state index contributed by atoms with van der Waals surface area (Å²) in [6, 6.07) is -0.309. The van der Waals surface area contributed by atoms with Crippen LogP contribution >= 0.6 is 0 Å². The van der Waals surface area contributed by atoms with E-state index in [4.69, 9.17) is 5.11 Å². The molecule has 0 saturated heterocycles. The third-order valence-electron chi connectivity index (χ3n) is 1.99. The predicted molar refractivity (Wildman–Crippen MR) is 55.7 cm³/mol. The molecular formula is C9H14N4O3. The summed E-state index contributed by atoms with van der Waals surface area (Å²) in [4.78, 5) is 29.7. The zero-order chi connectivity index (χ0) is 12.0. The number of rotatable bonds is 5. The molecule has 0 aliphatic rings. The number of carbonyl (C=O) groups is 2.